The van der Waals surface area contributed by atoms with Crippen LogP contribution in [0.15, 0.2) is 72.0 Å². The third kappa shape index (κ3) is 4.41. The van der Waals surface area contributed by atoms with Gasteiger partial charge in [-0.3, -0.25) is 0 Å². The number of allylic oxidation sites excluding steroid dienone is 4. The lowest BCUT2D eigenvalue weighted by molar-refractivity contribution is 0.481. The van der Waals surface area contributed by atoms with Gasteiger partial charge in [-0.05, 0) is 54.3 Å². The molecule has 148 valence electrons. The molecule has 0 saturated heterocycles. The molecule has 0 radical (unpaired) electrons. The molecule has 0 atom stereocenters. The summed E-state index contributed by atoms with van der Waals surface area (Å²) in [6, 6.07) is 18.0. The highest BCUT2D eigenvalue weighted by Gasteiger charge is 2.21. The Morgan fingerprint density at radius 1 is 0.571 bits per heavy atom. The molecule has 0 amide bonds. The summed E-state index contributed by atoms with van der Waals surface area (Å²) < 4.78 is 0. The Morgan fingerprint density at radius 2 is 1.04 bits per heavy atom. The summed E-state index contributed by atoms with van der Waals surface area (Å²) in [5.41, 5.74) is 8.07. The normalized spacial score (nSPS) is 13.8. The molecule has 0 heterocycles. The summed E-state index contributed by atoms with van der Waals surface area (Å²) in [7, 11) is 12.6. The molecule has 0 fully saturated rings. The van der Waals surface area contributed by atoms with Gasteiger partial charge in [-0.15, -0.1) is 0 Å². The first kappa shape index (κ1) is 20.1. The largest absolute Gasteiger partial charge is 0.381 e. The Kier molecular flexibility index (Phi) is 6.13. The van der Waals surface area contributed by atoms with Crippen LogP contribution in [0.3, 0.4) is 0 Å². The van der Waals surface area contributed by atoms with Gasteiger partial charge in [0, 0.05) is 65.3 Å². The summed E-state index contributed by atoms with van der Waals surface area (Å²) in [5, 5.41) is 0. The van der Waals surface area contributed by atoms with Crippen LogP contribution in [0.5, 0.6) is 0 Å². The molecular weight excluding hydrogens is 342 g/mol. The zero-order chi connectivity index (χ0) is 20.3. The van der Waals surface area contributed by atoms with Crippen LogP contribution in [0.25, 0.3) is 0 Å². The first-order chi connectivity index (χ1) is 13.4. The van der Waals surface area contributed by atoms with E-state index in [4.69, 9.17) is 0 Å². The van der Waals surface area contributed by atoms with Crippen LogP contribution in [0.4, 0.5) is 11.4 Å². The monoisotopic (exact) mass is 375 g/mol. The van der Waals surface area contributed by atoms with Gasteiger partial charge in [-0.2, -0.15) is 0 Å². The molecule has 0 saturated carbocycles. The molecule has 2 aromatic rings. The van der Waals surface area contributed by atoms with E-state index in [1.165, 1.54) is 33.8 Å². The van der Waals surface area contributed by atoms with Crippen LogP contribution in [-0.2, 0) is 0 Å². The van der Waals surface area contributed by atoms with Gasteiger partial charge in [0.25, 0.3) is 0 Å². The van der Waals surface area contributed by atoms with Crippen LogP contribution < -0.4 is 9.80 Å². The summed E-state index contributed by atoms with van der Waals surface area (Å²) in [4.78, 5) is 6.52. The molecule has 3 rings (SSSR count). The second kappa shape index (κ2) is 8.55. The Morgan fingerprint density at radius 3 is 1.36 bits per heavy atom. The van der Waals surface area contributed by atoms with Crippen molar-refractivity contribution < 1.29 is 0 Å². The van der Waals surface area contributed by atoms with Gasteiger partial charge in [0.15, 0.2) is 0 Å². The van der Waals surface area contributed by atoms with Crippen molar-refractivity contribution in [2.24, 2.45) is 0 Å². The van der Waals surface area contributed by atoms with Crippen molar-refractivity contribution in [3.8, 4) is 0 Å². The maximum Gasteiger partial charge on any atom is 0.0361 e. The van der Waals surface area contributed by atoms with Gasteiger partial charge in [0.1, 0.15) is 0 Å². The average molecular weight is 376 g/mol. The molecule has 0 aromatic heterocycles. The predicted octanol–water partition coefficient (Wildman–Crippen LogP) is 5.12. The average Bonchev–Trinajstić information content (AvgIpc) is 2.69. The number of rotatable bonds is 6. The van der Waals surface area contributed by atoms with E-state index in [9.17, 15) is 0 Å². The molecular formula is C25H33N3. The van der Waals surface area contributed by atoms with Crippen molar-refractivity contribution in [3.63, 3.8) is 0 Å². The molecule has 0 aliphatic heterocycles. The highest BCUT2D eigenvalue weighted by molar-refractivity contribution is 5.53. The fourth-order valence-corrected chi connectivity index (χ4v) is 3.81. The van der Waals surface area contributed by atoms with Crippen molar-refractivity contribution >= 4 is 11.4 Å². The molecule has 0 N–H and O–H groups in total. The maximum absolute atomic E-state index is 2.34. The summed E-state index contributed by atoms with van der Waals surface area (Å²) in [6.45, 7) is 0. The van der Waals surface area contributed by atoms with E-state index < -0.39 is 0 Å². The van der Waals surface area contributed by atoms with E-state index in [1.807, 2.05) is 0 Å². The SMILES string of the molecule is CN(C)C1=CC=C(C(c2ccc(N(C)C)cc2)c2ccc(N(C)C)cc2)CC1. The van der Waals surface area contributed by atoms with E-state index in [2.05, 4.69) is 118 Å². The minimum Gasteiger partial charge on any atom is -0.381 e. The van der Waals surface area contributed by atoms with E-state index in [1.54, 1.807) is 0 Å². The van der Waals surface area contributed by atoms with Crippen LogP contribution >= 0.6 is 0 Å². The molecule has 3 nitrogen and oxygen atoms in total. The topological polar surface area (TPSA) is 9.72 Å². The van der Waals surface area contributed by atoms with Crippen LogP contribution in [0, 0.1) is 0 Å². The maximum atomic E-state index is 2.34. The highest BCUT2D eigenvalue weighted by atomic mass is 15.1. The van der Waals surface area contributed by atoms with E-state index in [-0.39, 0.29) is 0 Å². The molecule has 1 aliphatic carbocycles. The smallest absolute Gasteiger partial charge is 0.0361 e. The van der Waals surface area contributed by atoms with Gasteiger partial charge in [0.2, 0.25) is 0 Å². The molecule has 0 spiro atoms. The Labute approximate surface area is 170 Å². The quantitative estimate of drug-likeness (QED) is 0.694. The molecule has 2 aromatic carbocycles. The second-order valence-corrected chi connectivity index (χ2v) is 8.20. The number of benzene rings is 2. The zero-order valence-electron chi connectivity index (χ0n) is 18.1. The Balaban J connectivity index is 2.01. The highest BCUT2D eigenvalue weighted by Crippen LogP contribution is 2.38. The Hall–Kier alpha value is -2.68. The third-order valence-electron chi connectivity index (χ3n) is 5.59. The predicted molar refractivity (Wildman–Crippen MR) is 122 cm³/mol. The minimum atomic E-state index is 0.299. The van der Waals surface area contributed by atoms with Crippen LogP contribution in [-0.4, -0.2) is 47.2 Å². The number of hydrogen-bond donors (Lipinski definition) is 0. The fraction of sp³-hybridized carbons (Fsp3) is 0.360. The van der Waals surface area contributed by atoms with E-state index in [0.29, 0.717) is 5.92 Å². The fourth-order valence-electron chi connectivity index (χ4n) is 3.81. The number of hydrogen-bond acceptors (Lipinski definition) is 3. The summed E-state index contributed by atoms with van der Waals surface area (Å²) >= 11 is 0. The Bertz CT molecular complexity index is 789. The standard InChI is InChI=1S/C25H33N3/c1-26(2)22-13-7-19(8-14-22)25(20-9-15-23(16-10-20)27(3)4)21-11-17-24(18-12-21)28(5)6/h7-11,13-17,25H,12,18H2,1-6H3. The van der Waals surface area contributed by atoms with Crippen molar-refractivity contribution in [3.05, 3.63) is 83.1 Å². The second-order valence-electron chi connectivity index (χ2n) is 8.20. The van der Waals surface area contributed by atoms with Gasteiger partial charge in [0.05, 0.1) is 0 Å². The van der Waals surface area contributed by atoms with Crippen molar-refractivity contribution in [1.29, 1.82) is 0 Å². The van der Waals surface area contributed by atoms with E-state index >= 15 is 0 Å². The van der Waals surface area contributed by atoms with Crippen LogP contribution in [0.2, 0.25) is 0 Å². The van der Waals surface area contributed by atoms with Gasteiger partial charge >= 0.3 is 0 Å². The van der Waals surface area contributed by atoms with Crippen molar-refractivity contribution in [2.45, 2.75) is 18.8 Å². The van der Waals surface area contributed by atoms with Gasteiger partial charge in [-0.1, -0.05) is 35.9 Å². The lowest BCUT2D eigenvalue weighted by atomic mass is 9.81. The van der Waals surface area contributed by atoms with Crippen molar-refractivity contribution in [1.82, 2.24) is 4.90 Å². The molecule has 0 bridgehead atoms. The first-order valence-corrected chi connectivity index (χ1v) is 9.98. The summed E-state index contributed by atoms with van der Waals surface area (Å²) in [6.07, 6.45) is 6.82. The minimum absolute atomic E-state index is 0.299. The van der Waals surface area contributed by atoms with E-state index in [0.717, 1.165) is 12.8 Å². The molecule has 1 aliphatic rings. The van der Waals surface area contributed by atoms with Gasteiger partial charge in [-0.25, -0.2) is 0 Å². The lowest BCUT2D eigenvalue weighted by Gasteiger charge is -2.27. The number of nitrogens with zero attached hydrogens (tertiary/aromatic N) is 3. The summed E-state index contributed by atoms with van der Waals surface area (Å²) in [5.74, 6) is 0.299. The number of anilines is 2. The lowest BCUT2D eigenvalue weighted by Crippen LogP contribution is -2.15. The first-order valence-electron chi connectivity index (χ1n) is 9.98. The molecule has 0 unspecified atom stereocenters. The third-order valence-corrected chi connectivity index (χ3v) is 5.59. The van der Waals surface area contributed by atoms with Gasteiger partial charge < -0.3 is 14.7 Å². The van der Waals surface area contributed by atoms with Crippen molar-refractivity contribution in [2.75, 3.05) is 52.1 Å². The van der Waals surface area contributed by atoms with Crippen LogP contribution in [0.1, 0.15) is 29.9 Å². The molecule has 3 heteroatoms. The zero-order valence-corrected chi connectivity index (χ0v) is 18.1. The molecule has 28 heavy (non-hydrogen) atoms.